The van der Waals surface area contributed by atoms with Gasteiger partial charge in [-0.2, -0.15) is 0 Å². The van der Waals surface area contributed by atoms with Crippen LogP contribution >= 0.6 is 0 Å². The number of hydrogen-bond acceptors (Lipinski definition) is 2. The molecule has 1 aromatic rings. The van der Waals surface area contributed by atoms with Crippen molar-refractivity contribution >= 4 is 0 Å². The van der Waals surface area contributed by atoms with Gasteiger partial charge in [-0.25, -0.2) is 0 Å². The fourth-order valence-corrected chi connectivity index (χ4v) is 1.90. The molecule has 0 fully saturated rings. The molecule has 0 radical (unpaired) electrons. The summed E-state index contributed by atoms with van der Waals surface area (Å²) >= 11 is 0. The summed E-state index contributed by atoms with van der Waals surface area (Å²) in [4.78, 5) is 0. The van der Waals surface area contributed by atoms with E-state index in [9.17, 15) is 5.11 Å². The van der Waals surface area contributed by atoms with Gasteiger partial charge in [-0.05, 0) is 49.6 Å². The van der Waals surface area contributed by atoms with Crippen molar-refractivity contribution in [2.75, 3.05) is 6.54 Å². The van der Waals surface area contributed by atoms with Crippen LogP contribution in [0.5, 0.6) is 5.75 Å². The topological polar surface area (TPSA) is 32.3 Å². The highest BCUT2D eigenvalue weighted by atomic mass is 16.3. The molecule has 2 N–H and O–H groups in total. The fourth-order valence-electron chi connectivity index (χ4n) is 1.90. The van der Waals surface area contributed by atoms with E-state index in [2.05, 4.69) is 12.2 Å². The minimum absolute atomic E-state index is 0.382. The fraction of sp³-hybridized carbons (Fsp3) is 0.455. The van der Waals surface area contributed by atoms with Gasteiger partial charge in [0.1, 0.15) is 5.75 Å². The van der Waals surface area contributed by atoms with Gasteiger partial charge in [0, 0.05) is 6.04 Å². The Morgan fingerprint density at radius 2 is 2.23 bits per heavy atom. The minimum Gasteiger partial charge on any atom is -0.508 e. The van der Waals surface area contributed by atoms with Gasteiger partial charge < -0.3 is 10.4 Å². The first-order valence-electron chi connectivity index (χ1n) is 4.80. The monoisotopic (exact) mass is 177 g/mol. The van der Waals surface area contributed by atoms with E-state index < -0.39 is 0 Å². The van der Waals surface area contributed by atoms with Gasteiger partial charge in [0.05, 0.1) is 0 Å². The standard InChI is InChI=1S/C11H15NO/c1-8-6-10-7-11(13)3-2-9(10)4-5-12-8/h2-3,7-8,12-13H,4-6H2,1H3. The van der Waals surface area contributed by atoms with E-state index >= 15 is 0 Å². The van der Waals surface area contributed by atoms with Crippen molar-refractivity contribution in [3.8, 4) is 5.75 Å². The minimum atomic E-state index is 0.382. The molecule has 0 aromatic heterocycles. The molecule has 2 heteroatoms. The van der Waals surface area contributed by atoms with Crippen LogP contribution in [0.2, 0.25) is 0 Å². The summed E-state index contributed by atoms with van der Waals surface area (Å²) in [7, 11) is 0. The van der Waals surface area contributed by atoms with Crippen LogP contribution in [0.1, 0.15) is 18.1 Å². The second-order valence-corrected chi connectivity index (χ2v) is 3.76. The largest absolute Gasteiger partial charge is 0.508 e. The van der Waals surface area contributed by atoms with E-state index in [0.717, 1.165) is 19.4 Å². The van der Waals surface area contributed by atoms with Crippen molar-refractivity contribution in [1.29, 1.82) is 0 Å². The first kappa shape index (κ1) is 8.57. The molecule has 1 aromatic carbocycles. The van der Waals surface area contributed by atoms with Crippen LogP contribution in [0.25, 0.3) is 0 Å². The highest BCUT2D eigenvalue weighted by molar-refractivity contribution is 5.36. The second-order valence-electron chi connectivity index (χ2n) is 3.76. The maximum Gasteiger partial charge on any atom is 0.115 e. The maximum atomic E-state index is 9.35. The third-order valence-electron chi connectivity index (χ3n) is 2.60. The van der Waals surface area contributed by atoms with E-state index in [-0.39, 0.29) is 0 Å². The second kappa shape index (κ2) is 3.38. The molecular formula is C11H15NO. The van der Waals surface area contributed by atoms with Crippen molar-refractivity contribution in [1.82, 2.24) is 5.32 Å². The van der Waals surface area contributed by atoms with Crippen LogP contribution < -0.4 is 5.32 Å². The Morgan fingerprint density at radius 3 is 3.08 bits per heavy atom. The molecule has 0 saturated heterocycles. The molecular weight excluding hydrogens is 162 g/mol. The average molecular weight is 177 g/mol. The zero-order chi connectivity index (χ0) is 9.26. The molecule has 0 amide bonds. The summed E-state index contributed by atoms with van der Waals surface area (Å²) in [6, 6.07) is 6.21. The first-order chi connectivity index (χ1) is 6.25. The predicted molar refractivity (Wildman–Crippen MR) is 53.0 cm³/mol. The van der Waals surface area contributed by atoms with E-state index in [4.69, 9.17) is 0 Å². The lowest BCUT2D eigenvalue weighted by Crippen LogP contribution is -2.27. The zero-order valence-corrected chi connectivity index (χ0v) is 7.88. The highest BCUT2D eigenvalue weighted by Gasteiger charge is 2.12. The summed E-state index contributed by atoms with van der Waals surface area (Å²) in [6.07, 6.45) is 2.09. The molecule has 1 unspecified atom stereocenters. The van der Waals surface area contributed by atoms with Crippen LogP contribution in [-0.4, -0.2) is 17.7 Å². The molecule has 1 heterocycles. The quantitative estimate of drug-likeness (QED) is 0.629. The molecule has 1 aliphatic rings. The number of benzene rings is 1. The lowest BCUT2D eigenvalue weighted by atomic mass is 10.0. The van der Waals surface area contributed by atoms with Gasteiger partial charge in [0.25, 0.3) is 0 Å². The smallest absolute Gasteiger partial charge is 0.115 e. The van der Waals surface area contributed by atoms with Crippen LogP contribution in [0, 0.1) is 0 Å². The maximum absolute atomic E-state index is 9.35. The Kier molecular flexibility index (Phi) is 2.23. The summed E-state index contributed by atoms with van der Waals surface area (Å²) in [5, 5.41) is 12.8. The number of hydrogen-bond donors (Lipinski definition) is 2. The molecule has 0 spiro atoms. The number of phenols is 1. The lowest BCUT2D eigenvalue weighted by Gasteiger charge is -2.09. The molecule has 2 nitrogen and oxygen atoms in total. The molecule has 0 bridgehead atoms. The van der Waals surface area contributed by atoms with Crippen molar-refractivity contribution in [2.45, 2.75) is 25.8 Å². The normalized spacial score (nSPS) is 22.1. The Balaban J connectivity index is 2.35. The van der Waals surface area contributed by atoms with Crippen LogP contribution in [0.15, 0.2) is 18.2 Å². The van der Waals surface area contributed by atoms with E-state index in [0.29, 0.717) is 11.8 Å². The summed E-state index contributed by atoms with van der Waals surface area (Å²) < 4.78 is 0. The molecule has 0 saturated carbocycles. The first-order valence-corrected chi connectivity index (χ1v) is 4.80. The molecule has 1 aliphatic heterocycles. The van der Waals surface area contributed by atoms with Crippen LogP contribution in [0.3, 0.4) is 0 Å². The number of rotatable bonds is 0. The third-order valence-corrected chi connectivity index (χ3v) is 2.60. The van der Waals surface area contributed by atoms with E-state index in [1.807, 2.05) is 12.1 Å². The molecule has 0 aliphatic carbocycles. The Morgan fingerprint density at radius 1 is 1.38 bits per heavy atom. The SMILES string of the molecule is CC1Cc2cc(O)ccc2CCN1. The van der Waals surface area contributed by atoms with Gasteiger partial charge in [0.2, 0.25) is 0 Å². The summed E-state index contributed by atoms with van der Waals surface area (Å²) in [6.45, 7) is 3.22. The number of fused-ring (bicyclic) bond motifs is 1. The Bertz CT molecular complexity index is 309. The number of phenolic OH excluding ortho intramolecular Hbond substituents is 1. The summed E-state index contributed by atoms with van der Waals surface area (Å²) in [5.41, 5.74) is 2.66. The van der Waals surface area contributed by atoms with Gasteiger partial charge in [-0.1, -0.05) is 6.07 Å². The number of aromatic hydroxyl groups is 1. The molecule has 13 heavy (non-hydrogen) atoms. The number of nitrogens with one attached hydrogen (secondary N) is 1. The van der Waals surface area contributed by atoms with Crippen molar-refractivity contribution in [2.24, 2.45) is 0 Å². The summed E-state index contributed by atoms with van der Waals surface area (Å²) in [5.74, 6) is 0.382. The van der Waals surface area contributed by atoms with E-state index in [1.165, 1.54) is 11.1 Å². The van der Waals surface area contributed by atoms with Crippen molar-refractivity contribution in [3.05, 3.63) is 29.3 Å². The lowest BCUT2D eigenvalue weighted by molar-refractivity contribution is 0.474. The van der Waals surface area contributed by atoms with Gasteiger partial charge in [-0.15, -0.1) is 0 Å². The highest BCUT2D eigenvalue weighted by Crippen LogP contribution is 2.20. The van der Waals surface area contributed by atoms with Crippen molar-refractivity contribution < 1.29 is 5.11 Å². The Hall–Kier alpha value is -1.02. The molecule has 1 atom stereocenters. The van der Waals surface area contributed by atoms with E-state index in [1.54, 1.807) is 6.07 Å². The van der Waals surface area contributed by atoms with Gasteiger partial charge in [-0.3, -0.25) is 0 Å². The van der Waals surface area contributed by atoms with Crippen LogP contribution in [-0.2, 0) is 12.8 Å². The zero-order valence-electron chi connectivity index (χ0n) is 7.88. The van der Waals surface area contributed by atoms with Crippen molar-refractivity contribution in [3.63, 3.8) is 0 Å². The molecule has 70 valence electrons. The van der Waals surface area contributed by atoms with Gasteiger partial charge >= 0.3 is 0 Å². The third kappa shape index (κ3) is 1.83. The average Bonchev–Trinajstić information content (AvgIpc) is 2.25. The Labute approximate surface area is 78.6 Å². The van der Waals surface area contributed by atoms with Crippen LogP contribution in [0.4, 0.5) is 0 Å². The predicted octanol–water partition coefficient (Wildman–Crippen LogP) is 1.47. The van der Waals surface area contributed by atoms with Gasteiger partial charge in [0.15, 0.2) is 0 Å². The molecule has 2 rings (SSSR count).